The number of aryl methyl sites for hydroxylation is 1. The molecule has 0 bridgehead atoms. The van der Waals surface area contributed by atoms with E-state index in [1.54, 1.807) is 18.2 Å². The van der Waals surface area contributed by atoms with E-state index in [-0.39, 0.29) is 47.9 Å². The molecule has 11 heteroatoms. The third-order valence-corrected chi connectivity index (χ3v) is 8.47. The van der Waals surface area contributed by atoms with Crippen molar-refractivity contribution in [2.75, 3.05) is 13.4 Å². The summed E-state index contributed by atoms with van der Waals surface area (Å²) < 4.78 is 56.9. The van der Waals surface area contributed by atoms with Gasteiger partial charge in [0.15, 0.2) is 17.3 Å². The summed E-state index contributed by atoms with van der Waals surface area (Å²) >= 11 is 0. The third-order valence-electron chi connectivity index (χ3n) is 7.12. The maximum atomic E-state index is 13.5. The SMILES string of the molecule is CC(=O)OC[C@H]1C[C@H]2OC(C)(C)O[C@H]2C[C@H]1c1cc2c(cc1C(=O)NS(=O)(=O)c1ccc(C)cc1)OCO2. The zero-order valence-electron chi connectivity index (χ0n) is 21.7. The van der Waals surface area contributed by atoms with Gasteiger partial charge in [-0.3, -0.25) is 9.59 Å². The average Bonchev–Trinajstić information content (AvgIpc) is 3.42. The summed E-state index contributed by atoms with van der Waals surface area (Å²) in [4.78, 5) is 25.2. The van der Waals surface area contributed by atoms with Crippen LogP contribution in [0.3, 0.4) is 0 Å². The molecular weight excluding hydrogens is 514 g/mol. The summed E-state index contributed by atoms with van der Waals surface area (Å²) in [5, 5.41) is 0. The van der Waals surface area contributed by atoms with Crippen LogP contribution in [0.1, 0.15) is 61.0 Å². The second-order valence-corrected chi connectivity index (χ2v) is 12.1. The predicted octanol–water partition coefficient (Wildman–Crippen LogP) is 3.42. The van der Waals surface area contributed by atoms with E-state index in [1.165, 1.54) is 25.1 Å². The molecule has 4 atom stereocenters. The van der Waals surface area contributed by atoms with Crippen LogP contribution in [0.4, 0.5) is 0 Å². The maximum Gasteiger partial charge on any atom is 0.302 e. The molecule has 0 unspecified atom stereocenters. The number of fused-ring (bicyclic) bond motifs is 2. The van der Waals surface area contributed by atoms with Crippen molar-refractivity contribution in [1.29, 1.82) is 0 Å². The Morgan fingerprint density at radius 1 is 1.03 bits per heavy atom. The van der Waals surface area contributed by atoms with Gasteiger partial charge in [0.2, 0.25) is 6.79 Å². The van der Waals surface area contributed by atoms with Gasteiger partial charge in [0.05, 0.1) is 23.7 Å². The second-order valence-electron chi connectivity index (χ2n) is 10.4. The van der Waals surface area contributed by atoms with Crippen LogP contribution in [-0.4, -0.2) is 51.7 Å². The Morgan fingerprint density at radius 3 is 2.32 bits per heavy atom. The molecular formula is C27H31NO9S. The molecule has 2 aromatic carbocycles. The minimum atomic E-state index is -4.14. The number of rotatable bonds is 6. The Labute approximate surface area is 221 Å². The lowest BCUT2D eigenvalue weighted by molar-refractivity contribution is -0.147. The Bertz CT molecular complexity index is 1350. The van der Waals surface area contributed by atoms with Gasteiger partial charge in [0.1, 0.15) is 0 Å². The monoisotopic (exact) mass is 545 g/mol. The molecule has 1 saturated heterocycles. The smallest absolute Gasteiger partial charge is 0.302 e. The number of sulfonamides is 1. The molecule has 2 fully saturated rings. The van der Waals surface area contributed by atoms with Gasteiger partial charge >= 0.3 is 5.97 Å². The molecule has 5 rings (SSSR count). The first-order valence-electron chi connectivity index (χ1n) is 12.5. The quantitative estimate of drug-likeness (QED) is 0.543. The van der Waals surface area contributed by atoms with Crippen LogP contribution in [0, 0.1) is 12.8 Å². The van der Waals surface area contributed by atoms with Gasteiger partial charge in [-0.25, -0.2) is 13.1 Å². The molecule has 38 heavy (non-hydrogen) atoms. The average molecular weight is 546 g/mol. The fraction of sp³-hybridized carbons (Fsp3) is 0.481. The van der Waals surface area contributed by atoms with Crippen molar-refractivity contribution in [2.24, 2.45) is 5.92 Å². The van der Waals surface area contributed by atoms with Crippen molar-refractivity contribution in [3.63, 3.8) is 0 Å². The van der Waals surface area contributed by atoms with Crippen molar-refractivity contribution in [2.45, 2.75) is 69.3 Å². The van der Waals surface area contributed by atoms with Crippen LogP contribution >= 0.6 is 0 Å². The number of carbonyl (C=O) groups excluding carboxylic acids is 2. The highest BCUT2D eigenvalue weighted by atomic mass is 32.2. The molecule has 2 aromatic rings. The zero-order chi connectivity index (χ0) is 27.2. The molecule has 10 nitrogen and oxygen atoms in total. The number of carbonyl (C=O) groups is 2. The van der Waals surface area contributed by atoms with Crippen molar-refractivity contribution >= 4 is 21.9 Å². The fourth-order valence-corrected chi connectivity index (χ4v) is 6.38. The summed E-state index contributed by atoms with van der Waals surface area (Å²) in [7, 11) is -4.14. The first-order valence-corrected chi connectivity index (χ1v) is 14.0. The predicted molar refractivity (Wildman–Crippen MR) is 134 cm³/mol. The normalized spacial score (nSPS) is 25.5. The standard InChI is InChI=1S/C27H31NO9S/c1-15-5-7-18(8-6-15)38(31,32)28-26(30)21-12-23-22(34-14-35-23)11-20(21)19-10-25-24(36-27(3,4)37-25)9-17(19)13-33-16(2)29/h5-8,11-12,17,19,24-25H,9-10,13-14H2,1-4H3,(H,28,30)/t17-,19-,24-,25+/m1/s1. The van der Waals surface area contributed by atoms with Crippen molar-refractivity contribution < 1.29 is 41.7 Å². The summed E-state index contributed by atoms with van der Waals surface area (Å²) in [5.41, 5.74) is 1.60. The Kier molecular flexibility index (Phi) is 6.87. The Morgan fingerprint density at radius 2 is 1.66 bits per heavy atom. The highest BCUT2D eigenvalue weighted by Crippen LogP contribution is 2.48. The fourth-order valence-electron chi connectivity index (χ4n) is 5.42. The number of ether oxygens (including phenoxy) is 5. The number of esters is 1. The molecule has 1 aliphatic carbocycles. The number of benzene rings is 2. The van der Waals surface area contributed by atoms with E-state index in [9.17, 15) is 18.0 Å². The summed E-state index contributed by atoms with van der Waals surface area (Å²) in [5.74, 6) is -1.70. The first-order chi connectivity index (χ1) is 17.9. The van der Waals surface area contributed by atoms with Crippen LogP contribution in [0.2, 0.25) is 0 Å². The van der Waals surface area contributed by atoms with E-state index in [0.717, 1.165) is 5.56 Å². The van der Waals surface area contributed by atoms with E-state index in [4.69, 9.17) is 23.7 Å². The maximum absolute atomic E-state index is 13.5. The van der Waals surface area contributed by atoms with Crippen molar-refractivity contribution in [3.05, 3.63) is 53.1 Å². The van der Waals surface area contributed by atoms with Gasteiger partial charge in [-0.15, -0.1) is 0 Å². The van der Waals surface area contributed by atoms with Gasteiger partial charge in [0.25, 0.3) is 15.9 Å². The van der Waals surface area contributed by atoms with E-state index in [1.807, 2.05) is 20.8 Å². The van der Waals surface area contributed by atoms with Gasteiger partial charge in [-0.1, -0.05) is 17.7 Å². The first kappa shape index (κ1) is 26.5. The van der Waals surface area contributed by atoms with Gasteiger partial charge in [0, 0.05) is 18.4 Å². The number of hydrogen-bond acceptors (Lipinski definition) is 9. The van der Waals surface area contributed by atoms with E-state index in [2.05, 4.69) is 4.72 Å². The van der Waals surface area contributed by atoms with Crippen LogP contribution in [0.5, 0.6) is 11.5 Å². The van der Waals surface area contributed by atoms with Crippen LogP contribution < -0.4 is 14.2 Å². The molecule has 2 heterocycles. The van der Waals surface area contributed by atoms with Gasteiger partial charge in [-0.05, 0) is 69.4 Å². The lowest BCUT2D eigenvalue weighted by atomic mass is 9.72. The molecule has 2 aliphatic heterocycles. The molecule has 0 spiro atoms. The van der Waals surface area contributed by atoms with E-state index in [0.29, 0.717) is 29.9 Å². The second kappa shape index (κ2) is 9.87. The summed E-state index contributed by atoms with van der Waals surface area (Å²) in [6.07, 6.45) is 0.560. The summed E-state index contributed by atoms with van der Waals surface area (Å²) in [6, 6.07) is 9.43. The molecule has 204 valence electrons. The van der Waals surface area contributed by atoms with Crippen molar-refractivity contribution in [3.8, 4) is 11.5 Å². The van der Waals surface area contributed by atoms with E-state index >= 15 is 0 Å². The highest BCUT2D eigenvalue weighted by molar-refractivity contribution is 7.90. The minimum Gasteiger partial charge on any atom is -0.466 e. The molecule has 0 radical (unpaired) electrons. The summed E-state index contributed by atoms with van der Waals surface area (Å²) in [6.45, 7) is 6.97. The lowest BCUT2D eigenvalue weighted by Gasteiger charge is -2.37. The number of hydrogen-bond donors (Lipinski definition) is 1. The molecule has 1 saturated carbocycles. The van der Waals surface area contributed by atoms with Crippen LogP contribution in [0.15, 0.2) is 41.3 Å². The Hall–Kier alpha value is -3.15. The largest absolute Gasteiger partial charge is 0.466 e. The third kappa shape index (κ3) is 5.36. The van der Waals surface area contributed by atoms with E-state index < -0.39 is 27.7 Å². The Balaban J connectivity index is 1.51. The van der Waals surface area contributed by atoms with Gasteiger partial charge in [-0.2, -0.15) is 0 Å². The topological polar surface area (TPSA) is 126 Å². The number of amides is 1. The number of nitrogens with one attached hydrogen (secondary N) is 1. The molecule has 1 N–H and O–H groups in total. The molecule has 1 amide bonds. The zero-order valence-corrected chi connectivity index (χ0v) is 22.5. The highest BCUT2D eigenvalue weighted by Gasteiger charge is 2.49. The van der Waals surface area contributed by atoms with Crippen LogP contribution in [-0.2, 0) is 29.0 Å². The van der Waals surface area contributed by atoms with Crippen LogP contribution in [0.25, 0.3) is 0 Å². The van der Waals surface area contributed by atoms with Crippen molar-refractivity contribution in [1.82, 2.24) is 4.72 Å². The lowest BCUT2D eigenvalue weighted by Crippen LogP contribution is -2.39. The minimum absolute atomic E-state index is 0.0150. The molecule has 3 aliphatic rings. The van der Waals surface area contributed by atoms with Gasteiger partial charge < -0.3 is 23.7 Å². The molecule has 0 aromatic heterocycles.